The zero-order valence-electron chi connectivity index (χ0n) is 10.9. The molecular formula is C14H20N2O3. The van der Waals surface area contributed by atoms with Crippen LogP contribution in [0.5, 0.6) is 5.75 Å². The Morgan fingerprint density at radius 2 is 2.32 bits per heavy atom. The molecule has 1 aliphatic rings. The molecule has 1 amide bonds. The van der Waals surface area contributed by atoms with Crippen molar-refractivity contribution in [3.8, 4) is 5.75 Å². The molecule has 1 heterocycles. The van der Waals surface area contributed by atoms with Crippen LogP contribution in [0.1, 0.15) is 19.3 Å². The van der Waals surface area contributed by atoms with Crippen LogP contribution in [0.25, 0.3) is 0 Å². The van der Waals surface area contributed by atoms with E-state index in [2.05, 4.69) is 5.32 Å². The van der Waals surface area contributed by atoms with Crippen molar-refractivity contribution in [3.05, 3.63) is 24.3 Å². The Morgan fingerprint density at radius 3 is 3.05 bits per heavy atom. The Hall–Kier alpha value is -1.75. The maximum absolute atomic E-state index is 11.6. The standard InChI is InChI=1S/C14H20N2O3/c15-12-5-1-2-6-13(12)19-9-7-14(17)16-10-11-4-3-8-18-11/h1-2,5-6,11H,3-4,7-10,15H2,(H,16,17). The monoisotopic (exact) mass is 264 g/mol. The molecule has 0 radical (unpaired) electrons. The minimum absolute atomic E-state index is 0.0231. The molecule has 5 heteroatoms. The highest BCUT2D eigenvalue weighted by molar-refractivity contribution is 5.76. The summed E-state index contributed by atoms with van der Waals surface area (Å²) in [6.07, 6.45) is 2.60. The highest BCUT2D eigenvalue weighted by Crippen LogP contribution is 2.19. The first-order valence-corrected chi connectivity index (χ1v) is 6.61. The molecule has 0 spiro atoms. The van der Waals surface area contributed by atoms with Crippen molar-refractivity contribution in [1.29, 1.82) is 0 Å². The van der Waals surface area contributed by atoms with E-state index < -0.39 is 0 Å². The largest absolute Gasteiger partial charge is 0.491 e. The number of hydrogen-bond donors (Lipinski definition) is 2. The van der Waals surface area contributed by atoms with Crippen LogP contribution in [-0.4, -0.2) is 31.8 Å². The summed E-state index contributed by atoms with van der Waals surface area (Å²) < 4.78 is 10.9. The highest BCUT2D eigenvalue weighted by Gasteiger charge is 2.15. The van der Waals surface area contributed by atoms with Crippen LogP contribution in [0.2, 0.25) is 0 Å². The molecule has 3 N–H and O–H groups in total. The van der Waals surface area contributed by atoms with E-state index in [0.29, 0.717) is 31.0 Å². The van der Waals surface area contributed by atoms with Gasteiger partial charge in [-0.2, -0.15) is 0 Å². The summed E-state index contributed by atoms with van der Waals surface area (Å²) in [7, 11) is 0. The number of carbonyl (C=O) groups is 1. The molecule has 1 unspecified atom stereocenters. The lowest BCUT2D eigenvalue weighted by molar-refractivity contribution is -0.122. The van der Waals surface area contributed by atoms with Gasteiger partial charge in [0.05, 0.1) is 24.8 Å². The zero-order valence-corrected chi connectivity index (χ0v) is 10.9. The van der Waals surface area contributed by atoms with E-state index in [4.69, 9.17) is 15.2 Å². The molecule has 0 saturated carbocycles. The van der Waals surface area contributed by atoms with Crippen LogP contribution < -0.4 is 15.8 Å². The second-order valence-corrected chi connectivity index (χ2v) is 4.58. The van der Waals surface area contributed by atoms with Gasteiger partial charge in [0.25, 0.3) is 0 Å². The minimum Gasteiger partial charge on any atom is -0.491 e. The third-order valence-electron chi connectivity index (χ3n) is 3.06. The predicted octanol–water partition coefficient (Wildman–Crippen LogP) is 1.33. The summed E-state index contributed by atoms with van der Waals surface area (Å²) in [6, 6.07) is 7.26. The number of anilines is 1. The first-order chi connectivity index (χ1) is 9.25. The first kappa shape index (κ1) is 13.7. The molecule has 2 rings (SSSR count). The molecule has 19 heavy (non-hydrogen) atoms. The number of ether oxygens (including phenoxy) is 2. The van der Waals surface area contributed by atoms with E-state index in [-0.39, 0.29) is 12.0 Å². The molecular weight excluding hydrogens is 244 g/mol. The van der Waals surface area contributed by atoms with Crippen molar-refractivity contribution in [2.75, 3.05) is 25.5 Å². The molecule has 1 atom stereocenters. The molecule has 0 aliphatic carbocycles. The maximum Gasteiger partial charge on any atom is 0.223 e. The van der Waals surface area contributed by atoms with Crippen LogP contribution in [0.15, 0.2) is 24.3 Å². The number of carbonyl (C=O) groups excluding carboxylic acids is 1. The zero-order chi connectivity index (χ0) is 13.5. The third-order valence-corrected chi connectivity index (χ3v) is 3.06. The third kappa shape index (κ3) is 4.44. The summed E-state index contributed by atoms with van der Waals surface area (Å²) in [5, 5.41) is 2.85. The Bertz CT molecular complexity index is 417. The van der Waals surface area contributed by atoms with Gasteiger partial charge in [-0.25, -0.2) is 0 Å². The minimum atomic E-state index is -0.0231. The topological polar surface area (TPSA) is 73.6 Å². The molecule has 1 aromatic carbocycles. The Morgan fingerprint density at radius 1 is 1.47 bits per heavy atom. The normalized spacial score (nSPS) is 18.2. The number of nitrogens with one attached hydrogen (secondary N) is 1. The average Bonchev–Trinajstić information content (AvgIpc) is 2.92. The highest BCUT2D eigenvalue weighted by atomic mass is 16.5. The lowest BCUT2D eigenvalue weighted by atomic mass is 10.2. The molecule has 104 valence electrons. The number of amides is 1. The lowest BCUT2D eigenvalue weighted by Crippen LogP contribution is -2.32. The SMILES string of the molecule is Nc1ccccc1OCCC(=O)NCC1CCCO1. The van der Waals surface area contributed by atoms with E-state index in [1.807, 2.05) is 12.1 Å². The second kappa shape index (κ2) is 6.99. The molecule has 1 fully saturated rings. The van der Waals surface area contributed by atoms with E-state index in [0.717, 1.165) is 19.4 Å². The molecule has 1 saturated heterocycles. The predicted molar refractivity (Wildman–Crippen MR) is 73.0 cm³/mol. The number of rotatable bonds is 6. The molecule has 1 aromatic rings. The number of nitrogen functional groups attached to an aromatic ring is 1. The van der Waals surface area contributed by atoms with Crippen molar-refractivity contribution >= 4 is 11.6 Å². The van der Waals surface area contributed by atoms with Gasteiger partial charge in [-0.3, -0.25) is 4.79 Å². The van der Waals surface area contributed by atoms with Gasteiger partial charge >= 0.3 is 0 Å². The lowest BCUT2D eigenvalue weighted by Gasteiger charge is -2.11. The van der Waals surface area contributed by atoms with Gasteiger partial charge in [-0.05, 0) is 25.0 Å². The Balaban J connectivity index is 1.62. The summed E-state index contributed by atoms with van der Waals surface area (Å²) in [4.78, 5) is 11.6. The average molecular weight is 264 g/mol. The number of hydrogen-bond acceptors (Lipinski definition) is 4. The molecule has 0 bridgehead atoms. The van der Waals surface area contributed by atoms with Crippen LogP contribution in [0.3, 0.4) is 0 Å². The first-order valence-electron chi connectivity index (χ1n) is 6.61. The van der Waals surface area contributed by atoms with E-state index in [1.54, 1.807) is 12.1 Å². The van der Waals surface area contributed by atoms with Crippen LogP contribution in [-0.2, 0) is 9.53 Å². The van der Waals surface area contributed by atoms with Crippen LogP contribution in [0.4, 0.5) is 5.69 Å². The van der Waals surface area contributed by atoms with Gasteiger partial charge in [0.1, 0.15) is 5.75 Å². The number of nitrogens with two attached hydrogens (primary N) is 1. The summed E-state index contributed by atoms with van der Waals surface area (Å²) >= 11 is 0. The second-order valence-electron chi connectivity index (χ2n) is 4.58. The van der Waals surface area contributed by atoms with Crippen molar-refractivity contribution in [1.82, 2.24) is 5.32 Å². The van der Waals surface area contributed by atoms with Gasteiger partial charge in [0.15, 0.2) is 0 Å². The quantitative estimate of drug-likeness (QED) is 0.760. The summed E-state index contributed by atoms with van der Waals surface area (Å²) in [5.74, 6) is 0.597. The van der Waals surface area contributed by atoms with Gasteiger partial charge in [-0.15, -0.1) is 0 Å². The fourth-order valence-electron chi connectivity index (χ4n) is 1.99. The van der Waals surface area contributed by atoms with E-state index >= 15 is 0 Å². The van der Waals surface area contributed by atoms with Crippen LogP contribution in [0, 0.1) is 0 Å². The van der Waals surface area contributed by atoms with E-state index in [9.17, 15) is 4.79 Å². The maximum atomic E-state index is 11.6. The van der Waals surface area contributed by atoms with Crippen molar-refractivity contribution in [3.63, 3.8) is 0 Å². The van der Waals surface area contributed by atoms with Gasteiger partial charge in [0, 0.05) is 13.2 Å². The molecule has 1 aliphatic heterocycles. The summed E-state index contributed by atoms with van der Waals surface area (Å²) in [6.45, 7) is 1.72. The van der Waals surface area contributed by atoms with Crippen LogP contribution >= 0.6 is 0 Å². The molecule has 0 aromatic heterocycles. The number of para-hydroxylation sites is 2. The van der Waals surface area contributed by atoms with Crippen molar-refractivity contribution < 1.29 is 14.3 Å². The van der Waals surface area contributed by atoms with Gasteiger partial charge in [0.2, 0.25) is 5.91 Å². The Kier molecular flexibility index (Phi) is 5.03. The fourth-order valence-corrected chi connectivity index (χ4v) is 1.99. The fraction of sp³-hybridized carbons (Fsp3) is 0.500. The summed E-state index contributed by atoms with van der Waals surface area (Å²) in [5.41, 5.74) is 6.32. The smallest absolute Gasteiger partial charge is 0.223 e. The number of benzene rings is 1. The van der Waals surface area contributed by atoms with E-state index in [1.165, 1.54) is 0 Å². The Labute approximate surface area is 113 Å². The van der Waals surface area contributed by atoms with Crippen molar-refractivity contribution in [2.24, 2.45) is 0 Å². The molecule has 5 nitrogen and oxygen atoms in total. The van der Waals surface area contributed by atoms with Crippen molar-refractivity contribution in [2.45, 2.75) is 25.4 Å². The van der Waals surface area contributed by atoms with Gasteiger partial charge < -0.3 is 20.5 Å². The van der Waals surface area contributed by atoms with Gasteiger partial charge in [-0.1, -0.05) is 12.1 Å².